The average molecular weight is 515 g/mol. The summed E-state index contributed by atoms with van der Waals surface area (Å²) in [7, 11) is 0. The summed E-state index contributed by atoms with van der Waals surface area (Å²) in [5.41, 5.74) is 0.932. The Kier molecular flexibility index (Phi) is 5.59. The van der Waals surface area contributed by atoms with E-state index in [4.69, 9.17) is 0 Å². The van der Waals surface area contributed by atoms with Gasteiger partial charge in [0.05, 0.1) is 18.2 Å². The van der Waals surface area contributed by atoms with Gasteiger partial charge in [-0.3, -0.25) is 0 Å². The van der Waals surface area contributed by atoms with E-state index in [1.54, 1.807) is 12.5 Å². The van der Waals surface area contributed by atoms with Gasteiger partial charge in [0, 0.05) is 26.4 Å². The summed E-state index contributed by atoms with van der Waals surface area (Å²) >= 11 is 10.0. The fourth-order valence-corrected chi connectivity index (χ4v) is 3.49. The summed E-state index contributed by atoms with van der Waals surface area (Å²) in [5.74, 6) is 0. The lowest BCUT2D eigenvalue weighted by Gasteiger charge is -2.22. The van der Waals surface area contributed by atoms with E-state index >= 15 is 0 Å². The molecule has 0 amide bonds. The summed E-state index contributed by atoms with van der Waals surface area (Å²) in [5, 5.41) is 10.7. The number of aryl methyl sites for hydroxylation is 1. The topological polar surface area (TPSA) is 38.0 Å². The first-order valence-corrected chi connectivity index (χ1v) is 9.77. The number of fused-ring (bicyclic) bond motifs is 1. The zero-order valence-corrected chi connectivity index (χ0v) is 17.4. The summed E-state index contributed by atoms with van der Waals surface area (Å²) in [6.07, 6.45) is 4.23. The molecule has 1 N–H and O–H groups in total. The second-order valence-electron chi connectivity index (χ2n) is 5.53. The molecule has 0 radical (unpaired) electrons. The van der Waals surface area contributed by atoms with Gasteiger partial charge >= 0.3 is 0 Å². The van der Waals surface area contributed by atoms with Gasteiger partial charge in [-0.15, -0.1) is 0 Å². The Bertz CT molecular complexity index is 794. The van der Waals surface area contributed by atoms with E-state index < -0.39 is 5.60 Å². The van der Waals surface area contributed by atoms with Crippen molar-refractivity contribution in [1.29, 1.82) is 0 Å². The largest absolute Gasteiger partial charge is 0.379 e. The lowest BCUT2D eigenvalue weighted by molar-refractivity contribution is 0.0825. The third kappa shape index (κ3) is 3.82. The Morgan fingerprint density at radius 2 is 1.38 bits per heavy atom. The van der Waals surface area contributed by atoms with Gasteiger partial charge in [-0.05, 0) is 42.0 Å². The summed E-state index contributed by atoms with van der Waals surface area (Å²) in [4.78, 5) is 4.08. The third-order valence-electron chi connectivity index (χ3n) is 3.98. The van der Waals surface area contributed by atoms with Crippen LogP contribution < -0.4 is 0 Å². The number of imidazole rings is 1. The second kappa shape index (κ2) is 7.52. The molecule has 4 rings (SSSR count). The summed E-state index contributed by atoms with van der Waals surface area (Å²) in [6, 6.07) is 15.8. The molecular weight excluding hydrogens is 500 g/mol. The molecule has 1 aliphatic rings. The first-order chi connectivity index (χ1) is 11.5. The van der Waals surface area contributed by atoms with E-state index in [1.807, 2.05) is 53.1 Å². The highest BCUT2D eigenvalue weighted by molar-refractivity contribution is 9.11. The molecule has 0 saturated carbocycles. The molecular formula is C18H15Br3N2O. The van der Waals surface area contributed by atoms with Crippen LogP contribution in [0.4, 0.5) is 0 Å². The second-order valence-corrected chi connectivity index (χ2v) is 8.27. The van der Waals surface area contributed by atoms with Gasteiger partial charge in [0.15, 0.2) is 0 Å². The molecule has 1 unspecified atom stereocenters. The van der Waals surface area contributed by atoms with E-state index in [9.17, 15) is 5.11 Å². The molecule has 1 atom stereocenters. The Balaban J connectivity index is 0.000000179. The van der Waals surface area contributed by atoms with Crippen molar-refractivity contribution in [3.63, 3.8) is 0 Å². The number of hydrogen-bond donors (Lipinski definition) is 1. The maximum Gasteiger partial charge on any atom is 0.133 e. The summed E-state index contributed by atoms with van der Waals surface area (Å²) in [6.45, 7) is 0.821. The smallest absolute Gasteiger partial charge is 0.133 e. The van der Waals surface area contributed by atoms with Crippen molar-refractivity contribution in [3.8, 4) is 0 Å². The van der Waals surface area contributed by atoms with E-state index in [2.05, 4.69) is 52.8 Å². The molecule has 3 aromatic rings. The predicted molar refractivity (Wildman–Crippen MR) is 106 cm³/mol. The Morgan fingerprint density at radius 1 is 0.875 bits per heavy atom. The predicted octanol–water partition coefficient (Wildman–Crippen LogP) is 5.50. The zero-order valence-electron chi connectivity index (χ0n) is 12.7. The van der Waals surface area contributed by atoms with Gasteiger partial charge in [0.2, 0.25) is 0 Å². The SMILES string of the molecule is Brc1ccc(Br)cc1.OC1(c2ccc(Br)cc2)CCn2cncc21. The number of benzene rings is 2. The monoisotopic (exact) mass is 512 g/mol. The molecule has 1 aromatic heterocycles. The van der Waals surface area contributed by atoms with Crippen molar-refractivity contribution in [2.75, 3.05) is 0 Å². The zero-order chi connectivity index (χ0) is 17.2. The molecule has 0 bridgehead atoms. The van der Waals surface area contributed by atoms with Crippen molar-refractivity contribution in [1.82, 2.24) is 9.55 Å². The number of halogens is 3. The van der Waals surface area contributed by atoms with Crippen molar-refractivity contribution in [3.05, 3.63) is 85.7 Å². The molecule has 0 aliphatic carbocycles. The van der Waals surface area contributed by atoms with Crippen molar-refractivity contribution in [2.45, 2.75) is 18.6 Å². The highest BCUT2D eigenvalue weighted by Crippen LogP contribution is 2.38. The third-order valence-corrected chi connectivity index (χ3v) is 5.56. The fraction of sp³-hybridized carbons (Fsp3) is 0.167. The van der Waals surface area contributed by atoms with Crippen LogP contribution in [0.15, 0.2) is 74.5 Å². The molecule has 2 heterocycles. The standard InChI is InChI=1S/C12H11BrN2O.C6H4Br2/c13-10-3-1-9(2-4-10)12(16)5-6-15-8-14-7-11(12)15;7-5-1-2-6(8)4-3-5/h1-4,7-8,16H,5-6H2;1-4H. The highest BCUT2D eigenvalue weighted by atomic mass is 79.9. The summed E-state index contributed by atoms with van der Waals surface area (Å²) < 4.78 is 5.25. The number of aromatic nitrogens is 2. The van der Waals surface area contributed by atoms with Crippen LogP contribution in [0, 0.1) is 0 Å². The van der Waals surface area contributed by atoms with Crippen LogP contribution in [0.3, 0.4) is 0 Å². The molecule has 24 heavy (non-hydrogen) atoms. The van der Waals surface area contributed by atoms with E-state index in [0.29, 0.717) is 6.42 Å². The Morgan fingerprint density at radius 3 is 1.92 bits per heavy atom. The van der Waals surface area contributed by atoms with Crippen molar-refractivity contribution >= 4 is 47.8 Å². The van der Waals surface area contributed by atoms with Crippen LogP contribution in [-0.4, -0.2) is 14.7 Å². The van der Waals surface area contributed by atoms with Crippen LogP contribution in [0.25, 0.3) is 0 Å². The lowest BCUT2D eigenvalue weighted by Crippen LogP contribution is -2.23. The molecule has 2 aromatic carbocycles. The van der Waals surface area contributed by atoms with Gasteiger partial charge in [0.1, 0.15) is 5.60 Å². The van der Waals surface area contributed by atoms with E-state index in [0.717, 1.165) is 31.2 Å². The number of nitrogens with zero attached hydrogens (tertiary/aromatic N) is 2. The van der Waals surface area contributed by atoms with Crippen molar-refractivity contribution < 1.29 is 5.11 Å². The number of aliphatic hydroxyl groups is 1. The maximum atomic E-state index is 10.7. The fourth-order valence-electron chi connectivity index (χ4n) is 2.70. The minimum Gasteiger partial charge on any atom is -0.379 e. The molecule has 0 fully saturated rings. The molecule has 0 spiro atoms. The van der Waals surface area contributed by atoms with Crippen molar-refractivity contribution in [2.24, 2.45) is 0 Å². The van der Waals surface area contributed by atoms with Gasteiger partial charge in [-0.25, -0.2) is 4.98 Å². The first-order valence-electron chi connectivity index (χ1n) is 7.39. The Labute approximate surface area is 166 Å². The van der Waals surface area contributed by atoms with Crippen LogP contribution in [0.5, 0.6) is 0 Å². The lowest BCUT2D eigenvalue weighted by atomic mass is 9.90. The normalized spacial score (nSPS) is 18.7. The van der Waals surface area contributed by atoms with Crippen LogP contribution in [-0.2, 0) is 12.1 Å². The van der Waals surface area contributed by atoms with Gasteiger partial charge < -0.3 is 9.67 Å². The van der Waals surface area contributed by atoms with Gasteiger partial charge in [-0.1, -0.05) is 59.9 Å². The highest BCUT2D eigenvalue weighted by Gasteiger charge is 2.38. The van der Waals surface area contributed by atoms with Crippen LogP contribution in [0.1, 0.15) is 17.7 Å². The van der Waals surface area contributed by atoms with Crippen LogP contribution >= 0.6 is 47.8 Å². The number of hydrogen-bond acceptors (Lipinski definition) is 2. The average Bonchev–Trinajstić information content (AvgIpc) is 3.17. The molecule has 0 saturated heterocycles. The van der Waals surface area contributed by atoms with E-state index in [1.165, 1.54) is 0 Å². The minimum absolute atomic E-state index is 0.715. The molecule has 1 aliphatic heterocycles. The molecule has 6 heteroatoms. The molecule has 3 nitrogen and oxygen atoms in total. The van der Waals surface area contributed by atoms with Crippen LogP contribution in [0.2, 0.25) is 0 Å². The molecule has 124 valence electrons. The van der Waals surface area contributed by atoms with Gasteiger partial charge in [-0.2, -0.15) is 0 Å². The maximum absolute atomic E-state index is 10.7. The Hall–Kier alpha value is -0.950. The first kappa shape index (κ1) is 17.9. The minimum atomic E-state index is -0.878. The van der Waals surface area contributed by atoms with E-state index in [-0.39, 0.29) is 0 Å². The quantitative estimate of drug-likeness (QED) is 0.466. The number of rotatable bonds is 1. The van der Waals surface area contributed by atoms with Gasteiger partial charge in [0.25, 0.3) is 0 Å².